The summed E-state index contributed by atoms with van der Waals surface area (Å²) in [6.07, 6.45) is 0. The molecule has 0 N–H and O–H groups in total. The van der Waals surface area contributed by atoms with Crippen LogP contribution in [0.3, 0.4) is 0 Å². The van der Waals surface area contributed by atoms with Crippen LogP contribution in [0.25, 0.3) is 0 Å². The first kappa shape index (κ1) is 11.0. The summed E-state index contributed by atoms with van der Waals surface area (Å²) in [4.78, 5) is 0. The van der Waals surface area contributed by atoms with Gasteiger partial charge in [-0.25, -0.2) is 0 Å². The van der Waals surface area contributed by atoms with Gasteiger partial charge in [-0.3, -0.25) is 0 Å². The molecule has 0 aromatic carbocycles. The van der Waals surface area contributed by atoms with Gasteiger partial charge >= 0.3 is 0 Å². The largest absolute Gasteiger partial charge is 0.0580 e. The second kappa shape index (κ2) is 4.98. The summed E-state index contributed by atoms with van der Waals surface area (Å²) in [5, 5.41) is 3.42. The van der Waals surface area contributed by atoms with Crippen molar-refractivity contribution in [1.29, 1.82) is 0 Å². The van der Waals surface area contributed by atoms with Gasteiger partial charge in [-0.2, -0.15) is 0 Å². The van der Waals surface area contributed by atoms with Crippen molar-refractivity contribution in [2.24, 2.45) is 0 Å². The van der Waals surface area contributed by atoms with Crippen molar-refractivity contribution in [2.45, 2.75) is 39.5 Å². The molecule has 0 aliphatic rings. The first-order valence-electron chi connectivity index (χ1n) is 4.18. The van der Waals surface area contributed by atoms with Crippen LogP contribution in [0.1, 0.15) is 49.6 Å². The lowest BCUT2D eigenvalue weighted by atomic mass is 10.3. The molecule has 1 heterocycles. The molecule has 1 aromatic heterocycles. The quantitative estimate of drug-likeness (QED) is 0.566. The number of hydrogen-bond donors (Lipinski definition) is 0. The van der Waals surface area contributed by atoms with Crippen molar-refractivity contribution in [1.82, 2.24) is 0 Å². The second-order valence-corrected chi connectivity index (χ2v) is 9.26. The van der Waals surface area contributed by atoms with Gasteiger partial charge in [0, 0.05) is 10.1 Å². The lowest BCUT2D eigenvalue weighted by Gasteiger charge is -2.05. The molecule has 1 aromatic rings. The van der Waals surface area contributed by atoms with E-state index in [2.05, 4.69) is 27.7 Å². The van der Waals surface area contributed by atoms with Crippen LogP contribution in [0.15, 0.2) is 0 Å². The Morgan fingerprint density at radius 3 is 1.08 bits per heavy atom. The first-order valence-corrected chi connectivity index (χ1v) is 9.17. The molecule has 0 saturated carbocycles. The van der Waals surface area contributed by atoms with Gasteiger partial charge in [0.15, 0.2) is 0 Å². The fraction of sp³-hybridized carbons (Fsp3) is 0.750. The van der Waals surface area contributed by atoms with E-state index in [9.17, 15) is 0 Å². The van der Waals surface area contributed by atoms with Gasteiger partial charge in [-0.15, -0.1) is 0 Å². The van der Waals surface area contributed by atoms with Crippen molar-refractivity contribution >= 4 is 31.5 Å². The minimum Gasteiger partial charge on any atom is -0.0580 e. The Bertz CT molecular complexity index is 213. The van der Waals surface area contributed by atoms with Crippen LogP contribution in [0.5, 0.6) is 0 Å². The van der Waals surface area contributed by atoms with Gasteiger partial charge in [0.1, 0.15) is 0 Å². The lowest BCUT2D eigenvalue weighted by Crippen LogP contribution is -1.77. The predicted molar refractivity (Wildman–Crippen MR) is 64.7 cm³/mol. The highest BCUT2D eigenvalue weighted by molar-refractivity contribution is 8.05. The van der Waals surface area contributed by atoms with E-state index >= 15 is 0 Å². The zero-order valence-corrected chi connectivity index (χ0v) is 11.5. The van der Waals surface area contributed by atoms with Crippen molar-refractivity contribution in [3.05, 3.63) is 10.1 Å². The molecule has 0 nitrogen and oxygen atoms in total. The minimum atomic E-state index is 0.780. The van der Waals surface area contributed by atoms with Crippen LogP contribution in [-0.4, -0.2) is 0 Å². The summed E-state index contributed by atoms with van der Waals surface area (Å²) in [5.74, 6) is 1.56. The van der Waals surface area contributed by atoms with Crippen molar-refractivity contribution in [3.8, 4) is 0 Å². The zero-order valence-electron chi connectivity index (χ0n) is 7.94. The van der Waals surface area contributed by atoms with Crippen molar-refractivity contribution in [3.63, 3.8) is 0 Å². The fourth-order valence-electron chi connectivity index (χ4n) is 0.707. The first-order chi connectivity index (χ1) is 5.61. The Hall–Kier alpha value is 0.940. The molecule has 0 unspecified atom stereocenters. The van der Waals surface area contributed by atoms with Gasteiger partial charge in [0.2, 0.25) is 0 Å². The molecule has 0 spiro atoms. The Morgan fingerprint density at radius 2 is 0.917 bits per heavy atom. The predicted octanol–water partition coefficient (Wildman–Crippen LogP) is 6.25. The maximum atomic E-state index is 2.31. The zero-order chi connectivity index (χ0) is 9.14. The van der Waals surface area contributed by atoms with Gasteiger partial charge in [-0.1, -0.05) is 27.7 Å². The van der Waals surface area contributed by atoms with E-state index in [1.165, 1.54) is 0 Å². The highest BCUT2D eigenvalue weighted by atomic mass is 31.9. The van der Waals surface area contributed by atoms with E-state index in [1.807, 2.05) is 0 Å². The molecule has 0 aliphatic carbocycles. The van der Waals surface area contributed by atoms with E-state index in [1.54, 1.807) is 41.5 Å². The van der Waals surface area contributed by atoms with Crippen LogP contribution in [0.4, 0.5) is 0 Å². The normalized spacial score (nSPS) is 13.8. The molecular weight excluding hydrogens is 220 g/mol. The SMILES string of the molecule is CC(C)c1ppc(C(C)C)pp1. The molecule has 0 radical (unpaired) electrons. The molecule has 0 bridgehead atoms. The minimum absolute atomic E-state index is 0.780. The third-order valence-electron chi connectivity index (χ3n) is 1.54. The Kier molecular flexibility index (Phi) is 4.57. The molecule has 0 amide bonds. The molecule has 0 atom stereocenters. The Balaban J connectivity index is 2.86. The molecule has 0 saturated heterocycles. The summed E-state index contributed by atoms with van der Waals surface area (Å²) < 4.78 is 0. The maximum Gasteiger partial charge on any atom is 0.0183 e. The van der Waals surface area contributed by atoms with Crippen molar-refractivity contribution < 1.29 is 0 Å². The van der Waals surface area contributed by atoms with Crippen LogP contribution in [0.2, 0.25) is 0 Å². The third-order valence-corrected chi connectivity index (χ3v) is 10.9. The van der Waals surface area contributed by atoms with E-state index < -0.39 is 0 Å². The molecule has 0 fully saturated rings. The molecule has 1 rings (SSSR count). The van der Waals surface area contributed by atoms with Gasteiger partial charge in [0.25, 0.3) is 0 Å². The molecule has 4 heteroatoms. The van der Waals surface area contributed by atoms with E-state index in [4.69, 9.17) is 0 Å². The van der Waals surface area contributed by atoms with E-state index in [0.717, 1.165) is 11.8 Å². The summed E-state index contributed by atoms with van der Waals surface area (Å²) in [6.45, 7) is 9.23. The molecule has 12 heavy (non-hydrogen) atoms. The topological polar surface area (TPSA) is 0 Å². The fourth-order valence-corrected chi connectivity index (χ4v) is 10.9. The maximum absolute atomic E-state index is 2.31. The standard InChI is InChI=1S/C8H14P4/c1-5(2)7-9-11-8(6(3)4)12-10-7/h5-6H,1-4H3. The number of rotatable bonds is 2. The van der Waals surface area contributed by atoms with Gasteiger partial charge in [0.05, 0.1) is 0 Å². The smallest absolute Gasteiger partial charge is 0.0183 e. The van der Waals surface area contributed by atoms with Crippen molar-refractivity contribution in [2.75, 3.05) is 0 Å². The summed E-state index contributed by atoms with van der Waals surface area (Å²) in [6, 6.07) is 0. The molecule has 0 aliphatic heterocycles. The highest BCUT2D eigenvalue weighted by Crippen LogP contribution is 2.48. The third kappa shape index (κ3) is 3.01. The van der Waals surface area contributed by atoms with Gasteiger partial charge in [-0.05, 0) is 43.3 Å². The Labute approximate surface area is 81.4 Å². The van der Waals surface area contributed by atoms with E-state index in [-0.39, 0.29) is 0 Å². The summed E-state index contributed by atoms with van der Waals surface area (Å²) in [7, 11) is 6.24. The summed E-state index contributed by atoms with van der Waals surface area (Å²) in [5.41, 5.74) is 0. The molecular formula is C8H14P4. The average Bonchev–Trinajstić information content (AvgIpc) is 2.04. The highest BCUT2D eigenvalue weighted by Gasteiger charge is 2.03. The summed E-state index contributed by atoms with van der Waals surface area (Å²) >= 11 is 0. The number of hydrogen-bond acceptors (Lipinski definition) is 0. The van der Waals surface area contributed by atoms with Crippen LogP contribution >= 0.6 is 31.5 Å². The average molecular weight is 234 g/mol. The monoisotopic (exact) mass is 234 g/mol. The van der Waals surface area contributed by atoms with Gasteiger partial charge < -0.3 is 0 Å². The molecule has 66 valence electrons. The van der Waals surface area contributed by atoms with E-state index in [0.29, 0.717) is 0 Å². The second-order valence-electron chi connectivity index (χ2n) is 3.43. The lowest BCUT2D eigenvalue weighted by molar-refractivity contribution is 0.905. The van der Waals surface area contributed by atoms with Crippen LogP contribution < -0.4 is 0 Å². The van der Waals surface area contributed by atoms with Crippen LogP contribution in [-0.2, 0) is 0 Å². The van der Waals surface area contributed by atoms with Crippen LogP contribution in [0, 0.1) is 0 Å². The Morgan fingerprint density at radius 1 is 0.667 bits per heavy atom.